The zero-order valence-corrected chi connectivity index (χ0v) is 16.1. The number of benzene rings is 1. The highest BCUT2D eigenvalue weighted by Gasteiger charge is 2.20. The summed E-state index contributed by atoms with van der Waals surface area (Å²) >= 11 is 0. The SMILES string of the molecule is CCCCn1c(COC(=O)c2cccc[n+]2[O-])nc2cc(S(N)(=O)=O)ccc21. The Morgan fingerprint density at radius 1 is 1.32 bits per heavy atom. The molecule has 1 aromatic carbocycles. The van der Waals surface area contributed by atoms with Gasteiger partial charge in [0.1, 0.15) is 12.4 Å². The third-order valence-corrected chi connectivity index (χ3v) is 5.14. The van der Waals surface area contributed by atoms with Gasteiger partial charge in [-0.2, -0.15) is 4.73 Å². The number of hydrogen-bond donors (Lipinski definition) is 1. The Morgan fingerprint density at radius 2 is 2.11 bits per heavy atom. The molecule has 0 aliphatic carbocycles. The first-order chi connectivity index (χ1) is 13.3. The molecule has 148 valence electrons. The number of pyridine rings is 1. The van der Waals surface area contributed by atoms with Crippen LogP contribution in [0.15, 0.2) is 47.5 Å². The van der Waals surface area contributed by atoms with Crippen molar-refractivity contribution in [3.63, 3.8) is 0 Å². The number of carbonyl (C=O) groups is 1. The fourth-order valence-corrected chi connectivity index (χ4v) is 3.34. The molecule has 0 saturated heterocycles. The van der Waals surface area contributed by atoms with Crippen LogP contribution in [0.2, 0.25) is 0 Å². The molecule has 0 saturated carbocycles. The molecule has 28 heavy (non-hydrogen) atoms. The Kier molecular flexibility index (Phi) is 5.61. The number of ether oxygens (including phenoxy) is 1. The molecule has 0 aliphatic rings. The smallest absolute Gasteiger partial charge is 0.405 e. The van der Waals surface area contributed by atoms with Crippen LogP contribution in [-0.4, -0.2) is 23.9 Å². The lowest BCUT2D eigenvalue weighted by atomic mass is 10.3. The summed E-state index contributed by atoms with van der Waals surface area (Å²) in [5, 5.41) is 16.9. The Labute approximate surface area is 162 Å². The first kappa shape index (κ1) is 19.8. The molecule has 3 rings (SSSR count). The lowest BCUT2D eigenvalue weighted by Crippen LogP contribution is -2.34. The fourth-order valence-electron chi connectivity index (χ4n) is 2.80. The molecule has 0 atom stereocenters. The van der Waals surface area contributed by atoms with E-state index in [0.717, 1.165) is 12.8 Å². The van der Waals surface area contributed by atoms with Gasteiger partial charge in [0.25, 0.3) is 0 Å². The number of primary sulfonamides is 1. The number of imidazole rings is 1. The molecule has 0 fully saturated rings. The second kappa shape index (κ2) is 7.95. The number of hydrogen-bond acceptors (Lipinski definition) is 6. The molecule has 2 heterocycles. The lowest BCUT2D eigenvalue weighted by molar-refractivity contribution is -0.608. The summed E-state index contributed by atoms with van der Waals surface area (Å²) in [7, 11) is -3.85. The molecule has 10 heteroatoms. The van der Waals surface area contributed by atoms with Crippen molar-refractivity contribution in [2.45, 2.75) is 37.8 Å². The maximum atomic E-state index is 12.2. The van der Waals surface area contributed by atoms with Crippen molar-refractivity contribution in [2.24, 2.45) is 5.14 Å². The molecule has 0 amide bonds. The summed E-state index contributed by atoms with van der Waals surface area (Å²) in [4.78, 5) is 16.6. The number of aromatic nitrogens is 3. The zero-order chi connectivity index (χ0) is 20.3. The van der Waals surface area contributed by atoms with Crippen LogP contribution in [0.3, 0.4) is 0 Å². The van der Waals surface area contributed by atoms with E-state index in [4.69, 9.17) is 9.88 Å². The maximum absolute atomic E-state index is 12.2. The summed E-state index contributed by atoms with van der Waals surface area (Å²) in [5.74, 6) is -0.313. The number of rotatable bonds is 7. The number of sulfonamides is 1. The third kappa shape index (κ3) is 4.12. The van der Waals surface area contributed by atoms with E-state index < -0.39 is 16.0 Å². The van der Waals surface area contributed by atoms with Gasteiger partial charge < -0.3 is 14.5 Å². The highest BCUT2D eigenvalue weighted by Crippen LogP contribution is 2.21. The topological polar surface area (TPSA) is 131 Å². The van der Waals surface area contributed by atoms with Crippen LogP contribution in [0.5, 0.6) is 0 Å². The van der Waals surface area contributed by atoms with Gasteiger partial charge in [0, 0.05) is 18.7 Å². The third-order valence-electron chi connectivity index (χ3n) is 4.23. The Morgan fingerprint density at radius 3 is 2.79 bits per heavy atom. The van der Waals surface area contributed by atoms with E-state index in [-0.39, 0.29) is 17.2 Å². The van der Waals surface area contributed by atoms with Crippen molar-refractivity contribution in [3.8, 4) is 0 Å². The maximum Gasteiger partial charge on any atom is 0.405 e. The Balaban J connectivity index is 1.92. The van der Waals surface area contributed by atoms with E-state index in [1.807, 2.05) is 11.5 Å². The van der Waals surface area contributed by atoms with Crippen molar-refractivity contribution < 1.29 is 22.7 Å². The zero-order valence-electron chi connectivity index (χ0n) is 15.2. The van der Waals surface area contributed by atoms with Crippen LogP contribution < -0.4 is 9.87 Å². The highest BCUT2D eigenvalue weighted by atomic mass is 32.2. The Hall–Kier alpha value is -2.98. The van der Waals surface area contributed by atoms with Gasteiger partial charge in [-0.25, -0.2) is 23.3 Å². The number of unbranched alkanes of at least 4 members (excludes halogenated alkanes) is 1. The standard InChI is InChI=1S/C18H20N4O5S/c1-2-3-9-21-15-8-7-13(28(19,25)26)11-14(15)20-17(21)12-27-18(23)16-6-4-5-10-22(16)24/h4-8,10-11H,2-3,9,12H2,1H3,(H2,19,25,26). The van der Waals surface area contributed by atoms with Crippen molar-refractivity contribution >= 4 is 27.0 Å². The van der Waals surface area contributed by atoms with E-state index in [0.29, 0.717) is 28.1 Å². The molecular formula is C18H20N4O5S. The summed E-state index contributed by atoms with van der Waals surface area (Å²) in [6.45, 7) is 2.51. The quantitative estimate of drug-likeness (QED) is 0.360. The number of nitrogens with two attached hydrogens (primary N) is 1. The van der Waals surface area contributed by atoms with Crippen LogP contribution in [0.25, 0.3) is 11.0 Å². The molecular weight excluding hydrogens is 384 g/mol. The number of fused-ring (bicyclic) bond motifs is 1. The number of aryl methyl sites for hydroxylation is 1. The van der Waals surface area contributed by atoms with E-state index in [2.05, 4.69) is 4.98 Å². The van der Waals surface area contributed by atoms with Crippen molar-refractivity contribution in [3.05, 3.63) is 59.3 Å². The van der Waals surface area contributed by atoms with Crippen LogP contribution >= 0.6 is 0 Å². The van der Waals surface area contributed by atoms with Gasteiger partial charge in [-0.15, -0.1) is 0 Å². The minimum absolute atomic E-state index is 0.0413. The fraction of sp³-hybridized carbons (Fsp3) is 0.278. The summed E-state index contributed by atoms with van der Waals surface area (Å²) in [5.41, 5.74) is 1.02. The minimum atomic E-state index is -3.85. The van der Waals surface area contributed by atoms with Crippen LogP contribution in [0.1, 0.15) is 36.1 Å². The number of carbonyl (C=O) groups excluding carboxylic acids is 1. The molecule has 0 aliphatic heterocycles. The van der Waals surface area contributed by atoms with Crippen molar-refractivity contribution in [1.29, 1.82) is 0 Å². The average molecular weight is 404 g/mol. The van der Waals surface area contributed by atoms with E-state index >= 15 is 0 Å². The van der Waals surface area contributed by atoms with Gasteiger partial charge in [0.15, 0.2) is 6.20 Å². The van der Waals surface area contributed by atoms with Gasteiger partial charge >= 0.3 is 11.7 Å². The molecule has 0 spiro atoms. The molecule has 9 nitrogen and oxygen atoms in total. The molecule has 2 aromatic heterocycles. The van der Waals surface area contributed by atoms with E-state index in [9.17, 15) is 18.4 Å². The van der Waals surface area contributed by atoms with E-state index in [1.54, 1.807) is 12.1 Å². The van der Waals surface area contributed by atoms with Gasteiger partial charge in [-0.3, -0.25) is 0 Å². The van der Waals surface area contributed by atoms with Gasteiger partial charge in [0.2, 0.25) is 10.0 Å². The molecule has 0 unspecified atom stereocenters. The normalized spacial score (nSPS) is 11.6. The molecule has 0 radical (unpaired) electrons. The summed E-state index contributed by atoms with van der Waals surface area (Å²) in [6, 6.07) is 8.88. The predicted octanol–water partition coefficient (Wildman–Crippen LogP) is 1.47. The summed E-state index contributed by atoms with van der Waals surface area (Å²) in [6.07, 6.45) is 3.01. The van der Waals surface area contributed by atoms with Crippen LogP contribution in [0.4, 0.5) is 0 Å². The first-order valence-corrected chi connectivity index (χ1v) is 10.2. The monoisotopic (exact) mass is 404 g/mol. The largest absolute Gasteiger partial charge is 0.618 e. The first-order valence-electron chi connectivity index (χ1n) is 8.68. The number of esters is 1. The molecule has 3 aromatic rings. The van der Waals surface area contributed by atoms with Gasteiger partial charge in [0.05, 0.1) is 15.9 Å². The van der Waals surface area contributed by atoms with Crippen molar-refractivity contribution in [2.75, 3.05) is 0 Å². The lowest BCUT2D eigenvalue weighted by Gasteiger charge is -2.09. The molecule has 0 bridgehead atoms. The van der Waals surface area contributed by atoms with E-state index in [1.165, 1.54) is 30.5 Å². The predicted molar refractivity (Wildman–Crippen MR) is 101 cm³/mol. The highest BCUT2D eigenvalue weighted by molar-refractivity contribution is 7.89. The number of nitrogens with zero attached hydrogens (tertiary/aromatic N) is 3. The van der Waals surface area contributed by atoms with Crippen LogP contribution in [-0.2, 0) is 27.9 Å². The second-order valence-electron chi connectivity index (χ2n) is 6.22. The van der Waals surface area contributed by atoms with Gasteiger partial charge in [-0.05, 0) is 30.7 Å². The second-order valence-corrected chi connectivity index (χ2v) is 7.78. The minimum Gasteiger partial charge on any atom is -0.618 e. The van der Waals surface area contributed by atoms with Gasteiger partial charge in [-0.1, -0.05) is 13.3 Å². The summed E-state index contributed by atoms with van der Waals surface area (Å²) < 4.78 is 30.7. The molecule has 2 N–H and O–H groups in total. The van der Waals surface area contributed by atoms with Crippen LogP contribution in [0, 0.1) is 5.21 Å². The van der Waals surface area contributed by atoms with Crippen molar-refractivity contribution in [1.82, 2.24) is 9.55 Å². The average Bonchev–Trinajstić information content (AvgIpc) is 3.00. The Bertz CT molecular complexity index is 1120.